The quantitative estimate of drug-likeness (QED) is 0.380. The van der Waals surface area contributed by atoms with Crippen LogP contribution in [0.1, 0.15) is 12.8 Å². The Morgan fingerprint density at radius 2 is 1.46 bits per heavy atom. The third kappa shape index (κ3) is 8.36. The molecule has 13 heavy (non-hydrogen) atoms. The topological polar surface area (TPSA) is 108 Å². The van der Waals surface area contributed by atoms with Gasteiger partial charge in [-0.25, -0.2) is 4.57 Å². The average molecular weight is 212 g/mol. The van der Waals surface area contributed by atoms with Crippen LogP contribution in [0.15, 0.2) is 0 Å². The Morgan fingerprint density at radius 3 is 1.77 bits per heavy atom. The highest BCUT2D eigenvalue weighted by Gasteiger charge is 2.19. The number of nitrogens with two attached hydrogens (primary N) is 2. The molecule has 0 aromatic rings. The summed E-state index contributed by atoms with van der Waals surface area (Å²) in [6.07, 6.45) is 1.07. The van der Waals surface area contributed by atoms with Gasteiger partial charge in [0.25, 0.3) is 0 Å². The van der Waals surface area contributed by atoms with E-state index in [1.165, 1.54) is 0 Å². The molecule has 0 aromatic heterocycles. The molecule has 0 fully saturated rings. The summed E-state index contributed by atoms with van der Waals surface area (Å²) >= 11 is 0. The number of rotatable bonds is 8. The van der Waals surface area contributed by atoms with E-state index in [2.05, 4.69) is 9.05 Å². The van der Waals surface area contributed by atoms with Crippen molar-refractivity contribution in [3.05, 3.63) is 0 Å². The van der Waals surface area contributed by atoms with Gasteiger partial charge in [-0.15, -0.1) is 0 Å². The molecular formula is C6H17N2O4P. The summed E-state index contributed by atoms with van der Waals surface area (Å²) in [5.41, 5.74) is 10.3. The summed E-state index contributed by atoms with van der Waals surface area (Å²) in [4.78, 5) is 9.00. The highest BCUT2D eigenvalue weighted by atomic mass is 31.2. The molecule has 0 aromatic carbocycles. The number of hydrogen-bond donors (Lipinski definition) is 3. The molecule has 0 unspecified atom stereocenters. The van der Waals surface area contributed by atoms with Gasteiger partial charge < -0.3 is 16.4 Å². The predicted octanol–water partition coefficient (Wildman–Crippen LogP) is -0.182. The summed E-state index contributed by atoms with van der Waals surface area (Å²) in [6, 6.07) is 0. The molecular weight excluding hydrogens is 195 g/mol. The molecule has 5 N–H and O–H groups in total. The molecule has 0 heterocycles. The van der Waals surface area contributed by atoms with Gasteiger partial charge in [0.15, 0.2) is 0 Å². The van der Waals surface area contributed by atoms with Crippen molar-refractivity contribution in [1.82, 2.24) is 0 Å². The van der Waals surface area contributed by atoms with Gasteiger partial charge in [0.2, 0.25) is 0 Å². The van der Waals surface area contributed by atoms with Gasteiger partial charge in [-0.05, 0) is 25.9 Å². The summed E-state index contributed by atoms with van der Waals surface area (Å²) in [5, 5.41) is 0. The minimum atomic E-state index is -3.86. The Balaban J connectivity index is 3.49. The van der Waals surface area contributed by atoms with E-state index in [0.29, 0.717) is 25.9 Å². The normalized spacial score (nSPS) is 11.9. The van der Waals surface area contributed by atoms with Crippen molar-refractivity contribution in [2.75, 3.05) is 26.3 Å². The molecule has 0 saturated heterocycles. The zero-order valence-electron chi connectivity index (χ0n) is 7.52. The van der Waals surface area contributed by atoms with Crippen LogP contribution < -0.4 is 11.5 Å². The van der Waals surface area contributed by atoms with Crippen LogP contribution in [0.5, 0.6) is 0 Å². The molecule has 0 amide bonds. The summed E-state index contributed by atoms with van der Waals surface area (Å²) in [6.45, 7) is 1.10. The molecule has 0 radical (unpaired) electrons. The van der Waals surface area contributed by atoms with Crippen LogP contribution in [-0.4, -0.2) is 31.2 Å². The SMILES string of the molecule is NCCCOP(=O)(O)OCCCN. The van der Waals surface area contributed by atoms with Gasteiger partial charge in [0.1, 0.15) is 0 Å². The largest absolute Gasteiger partial charge is 0.472 e. The van der Waals surface area contributed by atoms with E-state index in [1.807, 2.05) is 0 Å². The average Bonchev–Trinajstić information content (AvgIpc) is 2.05. The minimum Gasteiger partial charge on any atom is -0.330 e. The third-order valence-electron chi connectivity index (χ3n) is 1.21. The molecule has 0 atom stereocenters. The van der Waals surface area contributed by atoms with Crippen LogP contribution in [0.25, 0.3) is 0 Å². The summed E-state index contributed by atoms with van der Waals surface area (Å²) < 4.78 is 20.2. The van der Waals surface area contributed by atoms with Crippen LogP contribution in [0, 0.1) is 0 Å². The fourth-order valence-corrected chi connectivity index (χ4v) is 1.36. The zero-order valence-corrected chi connectivity index (χ0v) is 8.41. The van der Waals surface area contributed by atoms with Crippen molar-refractivity contribution >= 4 is 7.82 Å². The Morgan fingerprint density at radius 1 is 1.08 bits per heavy atom. The van der Waals surface area contributed by atoms with Gasteiger partial charge in [0.05, 0.1) is 13.2 Å². The van der Waals surface area contributed by atoms with E-state index >= 15 is 0 Å². The second-order valence-corrected chi connectivity index (χ2v) is 3.87. The van der Waals surface area contributed by atoms with Gasteiger partial charge in [-0.1, -0.05) is 0 Å². The van der Waals surface area contributed by atoms with Crippen LogP contribution in [-0.2, 0) is 13.6 Å². The molecule has 6 nitrogen and oxygen atoms in total. The smallest absolute Gasteiger partial charge is 0.330 e. The maximum Gasteiger partial charge on any atom is 0.472 e. The second-order valence-electron chi connectivity index (χ2n) is 2.42. The van der Waals surface area contributed by atoms with Crippen molar-refractivity contribution in [3.8, 4) is 0 Å². The maximum absolute atomic E-state index is 11.0. The first-order chi connectivity index (χ1) is 6.12. The molecule has 0 saturated carbocycles. The van der Waals surface area contributed by atoms with E-state index in [4.69, 9.17) is 16.4 Å². The molecule has 0 spiro atoms. The first kappa shape index (κ1) is 13.0. The first-order valence-corrected chi connectivity index (χ1v) is 5.64. The summed E-state index contributed by atoms with van der Waals surface area (Å²) in [7, 11) is -3.86. The number of phosphoric ester groups is 1. The van der Waals surface area contributed by atoms with Gasteiger partial charge >= 0.3 is 7.82 Å². The van der Waals surface area contributed by atoms with Crippen molar-refractivity contribution < 1.29 is 18.5 Å². The highest BCUT2D eigenvalue weighted by molar-refractivity contribution is 7.47. The first-order valence-electron chi connectivity index (χ1n) is 4.14. The fraction of sp³-hybridized carbons (Fsp3) is 1.00. The van der Waals surface area contributed by atoms with Gasteiger partial charge in [-0.3, -0.25) is 9.05 Å². The standard InChI is InChI=1S/C6H17N2O4P/c7-3-1-5-11-13(9,10)12-6-2-4-8/h1-8H2,(H,9,10). The van der Waals surface area contributed by atoms with E-state index in [9.17, 15) is 4.57 Å². The lowest BCUT2D eigenvalue weighted by atomic mass is 10.5. The van der Waals surface area contributed by atoms with Crippen molar-refractivity contribution in [2.45, 2.75) is 12.8 Å². The van der Waals surface area contributed by atoms with E-state index in [0.717, 1.165) is 0 Å². The summed E-state index contributed by atoms with van der Waals surface area (Å²) in [5.74, 6) is 0. The Kier molecular flexibility index (Phi) is 7.45. The molecule has 0 aliphatic rings. The lowest BCUT2D eigenvalue weighted by Crippen LogP contribution is -2.06. The van der Waals surface area contributed by atoms with Crippen molar-refractivity contribution in [3.63, 3.8) is 0 Å². The van der Waals surface area contributed by atoms with E-state index < -0.39 is 7.82 Å². The van der Waals surface area contributed by atoms with E-state index in [-0.39, 0.29) is 13.2 Å². The van der Waals surface area contributed by atoms with Gasteiger partial charge in [-0.2, -0.15) is 0 Å². The Labute approximate surface area is 77.8 Å². The van der Waals surface area contributed by atoms with Crippen LogP contribution in [0.4, 0.5) is 0 Å². The highest BCUT2D eigenvalue weighted by Crippen LogP contribution is 2.43. The molecule has 0 aliphatic carbocycles. The molecule has 0 bridgehead atoms. The zero-order chi connectivity index (χ0) is 10.2. The Bertz CT molecular complexity index is 153. The van der Waals surface area contributed by atoms with Crippen molar-refractivity contribution in [2.24, 2.45) is 11.5 Å². The monoisotopic (exact) mass is 212 g/mol. The van der Waals surface area contributed by atoms with Crippen molar-refractivity contribution in [1.29, 1.82) is 0 Å². The van der Waals surface area contributed by atoms with Gasteiger partial charge in [0, 0.05) is 0 Å². The number of hydrogen-bond acceptors (Lipinski definition) is 5. The van der Waals surface area contributed by atoms with E-state index in [1.54, 1.807) is 0 Å². The lowest BCUT2D eigenvalue weighted by Gasteiger charge is -2.10. The predicted molar refractivity (Wildman–Crippen MR) is 49.1 cm³/mol. The Hall–Kier alpha value is 0.0300. The third-order valence-corrected chi connectivity index (χ3v) is 2.22. The molecule has 0 rings (SSSR count). The van der Waals surface area contributed by atoms with Crippen LogP contribution >= 0.6 is 7.82 Å². The van der Waals surface area contributed by atoms with Crippen LogP contribution in [0.2, 0.25) is 0 Å². The maximum atomic E-state index is 11.0. The fourth-order valence-electron chi connectivity index (χ4n) is 0.564. The lowest BCUT2D eigenvalue weighted by molar-refractivity contribution is 0.148. The molecule has 80 valence electrons. The molecule has 7 heteroatoms. The minimum absolute atomic E-state index is 0.132. The number of phosphoric acid groups is 1. The second kappa shape index (κ2) is 7.44. The van der Waals surface area contributed by atoms with Crippen LogP contribution in [0.3, 0.4) is 0 Å². The molecule has 0 aliphatic heterocycles.